The summed E-state index contributed by atoms with van der Waals surface area (Å²) in [5, 5.41) is 0. The lowest BCUT2D eigenvalue weighted by Crippen LogP contribution is -2.14. The van der Waals surface area contributed by atoms with Crippen molar-refractivity contribution in [3.8, 4) is 11.1 Å². The van der Waals surface area contributed by atoms with Crippen LogP contribution in [-0.4, -0.2) is 0 Å². The van der Waals surface area contributed by atoms with Crippen molar-refractivity contribution in [3.05, 3.63) is 59.7 Å². The Morgan fingerprint density at radius 3 is 2.26 bits per heavy atom. The van der Waals surface area contributed by atoms with Gasteiger partial charge in [-0.3, -0.25) is 0 Å². The van der Waals surface area contributed by atoms with Crippen LogP contribution in [-0.2, 0) is 5.41 Å². The second-order valence-electron chi connectivity index (χ2n) is 6.57. The van der Waals surface area contributed by atoms with Crippen molar-refractivity contribution >= 4 is 0 Å². The summed E-state index contributed by atoms with van der Waals surface area (Å²) in [5.41, 5.74) is 5.86. The van der Waals surface area contributed by atoms with Gasteiger partial charge in [0, 0.05) is 0 Å². The second-order valence-corrected chi connectivity index (χ2v) is 6.57. The molecule has 0 spiro atoms. The average molecular weight is 249 g/mol. The highest BCUT2D eigenvalue weighted by Gasteiger charge is 2.32. The zero-order valence-corrected chi connectivity index (χ0v) is 12.0. The minimum Gasteiger partial charge on any atom is -0.0622 e. The first-order valence-electron chi connectivity index (χ1n) is 7.18. The van der Waals surface area contributed by atoms with Gasteiger partial charge in [0.2, 0.25) is 0 Å². The van der Waals surface area contributed by atoms with E-state index < -0.39 is 0 Å². The zero-order valence-electron chi connectivity index (χ0n) is 12.0. The fraction of sp³-hybridized carbons (Fsp3) is 0.368. The molecular formula is C19H21. The molecule has 0 aromatic heterocycles. The van der Waals surface area contributed by atoms with E-state index in [4.69, 9.17) is 0 Å². The summed E-state index contributed by atoms with van der Waals surface area (Å²) < 4.78 is 0. The van der Waals surface area contributed by atoms with Gasteiger partial charge in [-0.25, -0.2) is 0 Å². The molecule has 2 aromatic carbocycles. The summed E-state index contributed by atoms with van der Waals surface area (Å²) >= 11 is 0. The fourth-order valence-corrected chi connectivity index (χ4v) is 2.80. The van der Waals surface area contributed by atoms with E-state index in [1.165, 1.54) is 29.5 Å². The van der Waals surface area contributed by atoms with Crippen molar-refractivity contribution in [2.45, 2.75) is 44.9 Å². The third-order valence-corrected chi connectivity index (χ3v) is 3.86. The highest BCUT2D eigenvalue weighted by Crippen LogP contribution is 2.48. The highest BCUT2D eigenvalue weighted by molar-refractivity contribution is 5.70. The van der Waals surface area contributed by atoms with E-state index in [2.05, 4.69) is 69.3 Å². The van der Waals surface area contributed by atoms with Gasteiger partial charge in [-0.05, 0) is 52.5 Å². The topological polar surface area (TPSA) is 0 Å². The predicted octanol–water partition coefficient (Wildman–Crippen LogP) is 5.33. The SMILES string of the molecule is CC(C)(C)c1[c]ccc(-c2ccccc2)c1C1CC1. The number of rotatable bonds is 2. The van der Waals surface area contributed by atoms with Crippen LogP contribution in [0, 0.1) is 6.07 Å². The molecule has 2 aromatic rings. The molecule has 1 aliphatic carbocycles. The molecule has 0 heteroatoms. The quantitative estimate of drug-likeness (QED) is 0.675. The third-order valence-electron chi connectivity index (χ3n) is 3.86. The van der Waals surface area contributed by atoms with Crippen LogP contribution in [0.4, 0.5) is 0 Å². The van der Waals surface area contributed by atoms with E-state index in [1.54, 1.807) is 5.56 Å². The number of benzene rings is 2. The second kappa shape index (κ2) is 4.52. The van der Waals surface area contributed by atoms with Crippen molar-refractivity contribution in [2.75, 3.05) is 0 Å². The first kappa shape index (κ1) is 12.5. The van der Waals surface area contributed by atoms with E-state index in [0.29, 0.717) is 0 Å². The smallest absolute Gasteiger partial charge is 0.0123 e. The highest BCUT2D eigenvalue weighted by atomic mass is 14.4. The molecule has 0 amide bonds. The summed E-state index contributed by atoms with van der Waals surface area (Å²) in [7, 11) is 0. The Morgan fingerprint density at radius 2 is 1.68 bits per heavy atom. The van der Waals surface area contributed by atoms with Gasteiger partial charge in [-0.2, -0.15) is 0 Å². The Bertz CT molecular complexity index is 569. The number of hydrogen-bond donors (Lipinski definition) is 0. The third kappa shape index (κ3) is 2.45. The zero-order chi connectivity index (χ0) is 13.5. The molecule has 0 N–H and O–H groups in total. The average Bonchev–Trinajstić information content (AvgIpc) is 3.22. The van der Waals surface area contributed by atoms with Crippen molar-refractivity contribution < 1.29 is 0 Å². The Morgan fingerprint density at radius 1 is 1.00 bits per heavy atom. The molecule has 0 aliphatic heterocycles. The van der Waals surface area contributed by atoms with Gasteiger partial charge in [-0.1, -0.05) is 63.2 Å². The van der Waals surface area contributed by atoms with Crippen LogP contribution < -0.4 is 0 Å². The minimum absolute atomic E-state index is 0.169. The van der Waals surface area contributed by atoms with E-state index in [0.717, 1.165) is 5.92 Å². The lowest BCUT2D eigenvalue weighted by molar-refractivity contribution is 0.582. The fourth-order valence-electron chi connectivity index (χ4n) is 2.80. The molecule has 1 aliphatic rings. The summed E-state index contributed by atoms with van der Waals surface area (Å²) in [6.07, 6.45) is 2.67. The Balaban J connectivity index is 2.20. The monoisotopic (exact) mass is 249 g/mol. The van der Waals surface area contributed by atoms with Gasteiger partial charge in [0.1, 0.15) is 0 Å². The molecule has 0 bridgehead atoms. The summed E-state index contributed by atoms with van der Waals surface area (Å²) in [6.45, 7) is 6.87. The standard InChI is InChI=1S/C19H21/c1-19(2,3)17-11-7-10-16(18(17)15-12-13-15)14-8-5-4-6-9-14/h4-10,15H,12-13H2,1-3H3. The molecule has 0 saturated heterocycles. The molecule has 0 heterocycles. The maximum Gasteiger partial charge on any atom is -0.0123 e. The maximum atomic E-state index is 3.51. The summed E-state index contributed by atoms with van der Waals surface area (Å²) in [6, 6.07) is 18.6. The van der Waals surface area contributed by atoms with Crippen LogP contribution in [0.1, 0.15) is 50.7 Å². The lowest BCUT2D eigenvalue weighted by Gasteiger charge is -2.25. The molecule has 1 saturated carbocycles. The van der Waals surface area contributed by atoms with Gasteiger partial charge in [0.05, 0.1) is 0 Å². The van der Waals surface area contributed by atoms with Crippen LogP contribution in [0.3, 0.4) is 0 Å². The molecular weight excluding hydrogens is 228 g/mol. The molecule has 0 unspecified atom stereocenters. The summed E-state index contributed by atoms with van der Waals surface area (Å²) in [5.74, 6) is 0.752. The van der Waals surface area contributed by atoms with Crippen molar-refractivity contribution in [3.63, 3.8) is 0 Å². The van der Waals surface area contributed by atoms with Crippen LogP contribution in [0.15, 0.2) is 42.5 Å². The van der Waals surface area contributed by atoms with Gasteiger partial charge in [0.25, 0.3) is 0 Å². The van der Waals surface area contributed by atoms with Gasteiger partial charge in [0.15, 0.2) is 0 Å². The normalized spacial score (nSPS) is 15.5. The van der Waals surface area contributed by atoms with E-state index in [-0.39, 0.29) is 5.41 Å². The molecule has 97 valence electrons. The van der Waals surface area contributed by atoms with Crippen molar-refractivity contribution in [1.82, 2.24) is 0 Å². The molecule has 1 fully saturated rings. The Labute approximate surface area is 116 Å². The van der Waals surface area contributed by atoms with Gasteiger partial charge in [-0.15, -0.1) is 0 Å². The molecule has 0 atom stereocenters. The first-order valence-corrected chi connectivity index (χ1v) is 7.18. The minimum atomic E-state index is 0.169. The van der Waals surface area contributed by atoms with Crippen LogP contribution >= 0.6 is 0 Å². The molecule has 1 radical (unpaired) electrons. The molecule has 3 rings (SSSR count). The van der Waals surface area contributed by atoms with E-state index in [9.17, 15) is 0 Å². The van der Waals surface area contributed by atoms with E-state index in [1.807, 2.05) is 0 Å². The van der Waals surface area contributed by atoms with Crippen LogP contribution in [0.5, 0.6) is 0 Å². The maximum absolute atomic E-state index is 3.51. The largest absolute Gasteiger partial charge is 0.0622 e. The summed E-state index contributed by atoms with van der Waals surface area (Å²) in [4.78, 5) is 0. The van der Waals surface area contributed by atoms with Gasteiger partial charge < -0.3 is 0 Å². The molecule has 19 heavy (non-hydrogen) atoms. The lowest BCUT2D eigenvalue weighted by atomic mass is 9.79. The van der Waals surface area contributed by atoms with Crippen LogP contribution in [0.25, 0.3) is 11.1 Å². The number of hydrogen-bond acceptors (Lipinski definition) is 0. The van der Waals surface area contributed by atoms with E-state index >= 15 is 0 Å². The van der Waals surface area contributed by atoms with Gasteiger partial charge >= 0.3 is 0 Å². The Kier molecular flexibility index (Phi) is 2.97. The van der Waals surface area contributed by atoms with Crippen LogP contribution in [0.2, 0.25) is 0 Å². The molecule has 0 nitrogen and oxygen atoms in total. The predicted molar refractivity (Wildman–Crippen MR) is 81.4 cm³/mol. The van der Waals surface area contributed by atoms with Crippen molar-refractivity contribution in [1.29, 1.82) is 0 Å². The first-order chi connectivity index (χ1) is 9.07. The van der Waals surface area contributed by atoms with Crippen molar-refractivity contribution in [2.24, 2.45) is 0 Å². The Hall–Kier alpha value is -1.56.